The maximum absolute atomic E-state index is 13.7. The molecule has 0 saturated carbocycles. The first kappa shape index (κ1) is 29.2. The Hall–Kier alpha value is -2.82. The zero-order chi connectivity index (χ0) is 28.4. The Bertz CT molecular complexity index is 1090. The van der Waals surface area contributed by atoms with E-state index in [0.29, 0.717) is 30.1 Å². The lowest BCUT2D eigenvalue weighted by molar-refractivity contribution is -0.178. The van der Waals surface area contributed by atoms with Gasteiger partial charge in [-0.25, -0.2) is 4.79 Å². The molecule has 3 aliphatic rings. The summed E-state index contributed by atoms with van der Waals surface area (Å²) in [5, 5.41) is 21.6. The number of methoxy groups -OCH3 is 2. The summed E-state index contributed by atoms with van der Waals surface area (Å²) in [5.41, 5.74) is -1.06. The van der Waals surface area contributed by atoms with Crippen molar-refractivity contribution in [2.24, 2.45) is 0 Å². The highest BCUT2D eigenvalue weighted by molar-refractivity contribution is 5.86. The Kier molecular flexibility index (Phi) is 8.78. The summed E-state index contributed by atoms with van der Waals surface area (Å²) in [6.45, 7) is 7.22. The molecule has 39 heavy (non-hydrogen) atoms. The molecular weight excluding hydrogens is 506 g/mol. The van der Waals surface area contributed by atoms with Crippen molar-refractivity contribution < 1.29 is 43.5 Å². The summed E-state index contributed by atoms with van der Waals surface area (Å²) in [6, 6.07) is 3.85. The van der Waals surface area contributed by atoms with Crippen LogP contribution in [0.1, 0.15) is 69.9 Å². The van der Waals surface area contributed by atoms with Gasteiger partial charge in [-0.3, -0.25) is 9.69 Å². The normalized spacial score (nSPS) is 23.7. The van der Waals surface area contributed by atoms with Crippen molar-refractivity contribution >= 4 is 11.9 Å². The van der Waals surface area contributed by atoms with E-state index in [0.717, 1.165) is 37.1 Å². The minimum Gasteiger partial charge on any atom is -0.497 e. The third kappa shape index (κ3) is 6.34. The van der Waals surface area contributed by atoms with E-state index in [1.54, 1.807) is 13.8 Å². The number of esters is 2. The predicted octanol–water partition coefficient (Wildman–Crippen LogP) is 2.83. The first-order valence-corrected chi connectivity index (χ1v) is 13.6. The lowest BCUT2D eigenvalue weighted by Gasteiger charge is -2.34. The minimum absolute atomic E-state index is 0.0744. The van der Waals surface area contributed by atoms with Crippen molar-refractivity contribution in [1.29, 1.82) is 0 Å². The Morgan fingerprint density at radius 1 is 1.13 bits per heavy atom. The number of hydrogen-bond acceptors (Lipinski definition) is 10. The zero-order valence-corrected chi connectivity index (χ0v) is 23.5. The van der Waals surface area contributed by atoms with Gasteiger partial charge in [0.2, 0.25) is 6.79 Å². The first-order chi connectivity index (χ1) is 18.5. The largest absolute Gasteiger partial charge is 0.497 e. The fourth-order valence-electron chi connectivity index (χ4n) is 5.82. The highest BCUT2D eigenvalue weighted by Crippen LogP contribution is 2.47. The second-order valence-electron chi connectivity index (χ2n) is 11.3. The zero-order valence-electron chi connectivity index (χ0n) is 23.5. The highest BCUT2D eigenvalue weighted by atomic mass is 16.7. The van der Waals surface area contributed by atoms with Crippen LogP contribution in [0.25, 0.3) is 0 Å². The maximum Gasteiger partial charge on any atom is 0.339 e. The number of fused-ring (bicyclic) bond motifs is 4. The summed E-state index contributed by atoms with van der Waals surface area (Å²) in [5.74, 6) is -0.152. The second-order valence-corrected chi connectivity index (χ2v) is 11.3. The molecule has 10 nitrogen and oxygen atoms in total. The van der Waals surface area contributed by atoms with Crippen LogP contribution in [0.4, 0.5) is 0 Å². The number of aliphatic hydroxyl groups is 2. The van der Waals surface area contributed by atoms with Crippen molar-refractivity contribution in [1.82, 2.24) is 4.90 Å². The molecule has 4 atom stereocenters. The number of carbonyl (C=O) groups excluding carboxylic acids is 2. The molecule has 1 unspecified atom stereocenters. The molecule has 0 spiro atoms. The van der Waals surface area contributed by atoms with E-state index in [9.17, 15) is 19.8 Å². The van der Waals surface area contributed by atoms with Crippen molar-refractivity contribution in [3.8, 4) is 11.5 Å². The first-order valence-electron chi connectivity index (χ1n) is 13.6. The summed E-state index contributed by atoms with van der Waals surface area (Å²) in [4.78, 5) is 28.2. The van der Waals surface area contributed by atoms with Crippen LogP contribution in [0.5, 0.6) is 11.5 Å². The van der Waals surface area contributed by atoms with Crippen LogP contribution >= 0.6 is 0 Å². The molecule has 1 aromatic rings. The van der Waals surface area contributed by atoms with Gasteiger partial charge in [-0.05, 0) is 81.8 Å². The molecule has 0 saturated heterocycles. The second kappa shape index (κ2) is 11.7. The van der Waals surface area contributed by atoms with Gasteiger partial charge >= 0.3 is 11.9 Å². The predicted molar refractivity (Wildman–Crippen MR) is 141 cm³/mol. The molecule has 0 bridgehead atoms. The van der Waals surface area contributed by atoms with E-state index in [1.807, 2.05) is 18.2 Å². The van der Waals surface area contributed by atoms with Gasteiger partial charge in [0.05, 0.1) is 26.2 Å². The topological polar surface area (TPSA) is 124 Å². The van der Waals surface area contributed by atoms with Gasteiger partial charge in [0.1, 0.15) is 5.76 Å². The third-order valence-corrected chi connectivity index (χ3v) is 7.80. The monoisotopic (exact) mass is 547 g/mol. The van der Waals surface area contributed by atoms with E-state index in [2.05, 4.69) is 11.8 Å². The van der Waals surface area contributed by atoms with Crippen LogP contribution in [0.15, 0.2) is 24.0 Å². The molecule has 2 N–H and O–H groups in total. The number of nitrogens with zero attached hydrogens (tertiary/aromatic N) is 1. The molecule has 2 heterocycles. The van der Waals surface area contributed by atoms with Gasteiger partial charge in [0.25, 0.3) is 0 Å². The average molecular weight is 548 g/mol. The van der Waals surface area contributed by atoms with Crippen LogP contribution in [0.2, 0.25) is 0 Å². The van der Waals surface area contributed by atoms with Crippen molar-refractivity contribution in [2.75, 3.05) is 34.1 Å². The molecule has 0 aromatic heterocycles. The van der Waals surface area contributed by atoms with Crippen LogP contribution in [0, 0.1) is 0 Å². The van der Waals surface area contributed by atoms with Gasteiger partial charge in [-0.1, -0.05) is 6.92 Å². The quantitative estimate of drug-likeness (QED) is 0.400. The number of carbonyl (C=O) groups is 2. The molecule has 0 amide bonds. The standard InChI is InChI=1S/C29H41NO9/c1-6-11-30-12-8-18-13-21-22(38-17-37-21)14-19(18)25-20(30)15-23(35-4)26(25)39-27(32)29(34,16-24(31)36-5)10-7-9-28(2,3)33/h13-15,20,25-26,33-34H,6-12,16-17H2,1-5H3/t20?,25-,26+,29+/m0/s1. The lowest BCUT2D eigenvalue weighted by Crippen LogP contribution is -2.46. The van der Waals surface area contributed by atoms with E-state index < -0.39 is 35.7 Å². The van der Waals surface area contributed by atoms with Gasteiger partial charge in [-0.2, -0.15) is 0 Å². The van der Waals surface area contributed by atoms with Gasteiger partial charge in [0, 0.05) is 18.5 Å². The fourth-order valence-corrected chi connectivity index (χ4v) is 5.82. The fraction of sp³-hybridized carbons (Fsp3) is 0.655. The number of hydrogen-bond donors (Lipinski definition) is 2. The summed E-state index contributed by atoms with van der Waals surface area (Å²) >= 11 is 0. The molecule has 2 aliphatic heterocycles. The van der Waals surface area contributed by atoms with E-state index in [4.69, 9.17) is 23.7 Å². The highest BCUT2D eigenvalue weighted by Gasteiger charge is 2.50. The van der Waals surface area contributed by atoms with Crippen LogP contribution < -0.4 is 9.47 Å². The Labute approximate surface area is 229 Å². The third-order valence-electron chi connectivity index (χ3n) is 7.80. The average Bonchev–Trinajstić information content (AvgIpc) is 3.45. The molecule has 0 radical (unpaired) electrons. The van der Waals surface area contributed by atoms with Crippen molar-refractivity contribution in [2.45, 2.75) is 88.6 Å². The maximum atomic E-state index is 13.7. The summed E-state index contributed by atoms with van der Waals surface area (Å²) < 4.78 is 27.9. The molecule has 4 rings (SSSR count). The molecule has 216 valence electrons. The van der Waals surface area contributed by atoms with Crippen LogP contribution in [-0.2, 0) is 30.2 Å². The molecular formula is C29H41NO9. The van der Waals surface area contributed by atoms with Gasteiger partial charge in [-0.15, -0.1) is 0 Å². The molecule has 1 aromatic carbocycles. The van der Waals surface area contributed by atoms with Crippen molar-refractivity contribution in [3.05, 3.63) is 35.1 Å². The van der Waals surface area contributed by atoms with Crippen LogP contribution in [0.3, 0.4) is 0 Å². The summed E-state index contributed by atoms with van der Waals surface area (Å²) in [7, 11) is 2.74. The van der Waals surface area contributed by atoms with Crippen LogP contribution in [-0.4, -0.2) is 84.5 Å². The Morgan fingerprint density at radius 2 is 1.85 bits per heavy atom. The van der Waals surface area contributed by atoms with E-state index in [-0.39, 0.29) is 25.2 Å². The number of rotatable bonds is 11. The lowest BCUT2D eigenvalue weighted by atomic mass is 9.86. The van der Waals surface area contributed by atoms with E-state index >= 15 is 0 Å². The molecule has 10 heteroatoms. The minimum atomic E-state index is -2.12. The molecule has 0 fully saturated rings. The van der Waals surface area contributed by atoms with E-state index in [1.165, 1.54) is 14.2 Å². The number of ether oxygens (including phenoxy) is 5. The SMILES string of the molecule is CCCN1CCc2cc3c(cc2[C@H]2C1C=C(OC)[C@H]2OC(=O)[C@@](O)(CCCC(C)(C)O)CC(=O)OC)OCO3. The smallest absolute Gasteiger partial charge is 0.339 e. The molecule has 1 aliphatic carbocycles. The van der Waals surface area contributed by atoms with Gasteiger partial charge < -0.3 is 33.9 Å². The Balaban J connectivity index is 1.68. The van der Waals surface area contributed by atoms with Crippen molar-refractivity contribution in [3.63, 3.8) is 0 Å². The number of benzene rings is 1. The Morgan fingerprint density at radius 3 is 2.49 bits per heavy atom. The summed E-state index contributed by atoms with van der Waals surface area (Å²) in [6.07, 6.45) is 2.89. The van der Waals surface area contributed by atoms with Gasteiger partial charge in [0.15, 0.2) is 23.2 Å².